The summed E-state index contributed by atoms with van der Waals surface area (Å²) in [6, 6.07) is 15.7. The summed E-state index contributed by atoms with van der Waals surface area (Å²) >= 11 is 1.51. The van der Waals surface area contributed by atoms with E-state index in [1.807, 2.05) is 47.8 Å². The highest BCUT2D eigenvalue weighted by molar-refractivity contribution is 7.10. The fraction of sp³-hybridized carbons (Fsp3) is 0.0556. The van der Waals surface area contributed by atoms with E-state index in [1.165, 1.54) is 11.3 Å². The van der Waals surface area contributed by atoms with E-state index in [9.17, 15) is 13.6 Å². The molecule has 1 N–H and O–H groups in total. The van der Waals surface area contributed by atoms with Crippen molar-refractivity contribution in [2.45, 2.75) is 6.04 Å². The van der Waals surface area contributed by atoms with Crippen LogP contribution in [0.4, 0.5) is 8.78 Å². The number of nitrogens with one attached hydrogen (secondary N) is 1. The Balaban J connectivity index is 1.91. The van der Waals surface area contributed by atoms with E-state index < -0.39 is 17.5 Å². The molecule has 3 rings (SSSR count). The monoisotopic (exact) mass is 329 g/mol. The molecule has 5 heteroatoms. The number of thiophene rings is 1. The van der Waals surface area contributed by atoms with Crippen LogP contribution in [0, 0.1) is 11.6 Å². The van der Waals surface area contributed by atoms with Gasteiger partial charge >= 0.3 is 0 Å². The van der Waals surface area contributed by atoms with Gasteiger partial charge in [0, 0.05) is 16.5 Å². The number of benzene rings is 2. The highest BCUT2D eigenvalue weighted by atomic mass is 32.1. The van der Waals surface area contributed by atoms with Crippen LogP contribution in [0.3, 0.4) is 0 Å². The summed E-state index contributed by atoms with van der Waals surface area (Å²) in [5, 5.41) is 4.76. The van der Waals surface area contributed by atoms with Gasteiger partial charge in [-0.3, -0.25) is 4.79 Å². The molecule has 1 amide bonds. The average Bonchev–Trinajstić information content (AvgIpc) is 3.06. The predicted molar refractivity (Wildman–Crippen MR) is 86.4 cm³/mol. The number of amides is 1. The number of carbonyl (C=O) groups is 1. The van der Waals surface area contributed by atoms with Crippen molar-refractivity contribution in [3.05, 3.63) is 93.7 Å². The second kappa shape index (κ2) is 6.71. The number of halogens is 2. The van der Waals surface area contributed by atoms with E-state index >= 15 is 0 Å². The largest absolute Gasteiger partial charge is 0.340 e. The van der Waals surface area contributed by atoms with E-state index in [0.717, 1.165) is 28.6 Å². The first-order valence-electron chi connectivity index (χ1n) is 6.99. The summed E-state index contributed by atoms with van der Waals surface area (Å²) in [6.07, 6.45) is 0. The Labute approximate surface area is 136 Å². The third-order valence-electron chi connectivity index (χ3n) is 3.36. The van der Waals surface area contributed by atoms with E-state index in [0.29, 0.717) is 0 Å². The molecule has 2 nitrogen and oxygen atoms in total. The molecule has 2 aromatic carbocycles. The first kappa shape index (κ1) is 15.4. The molecule has 0 spiro atoms. The number of rotatable bonds is 4. The smallest absolute Gasteiger partial charge is 0.252 e. The lowest BCUT2D eigenvalue weighted by molar-refractivity contribution is 0.0942. The van der Waals surface area contributed by atoms with Gasteiger partial charge in [-0.1, -0.05) is 36.4 Å². The first-order valence-corrected chi connectivity index (χ1v) is 7.87. The fourth-order valence-corrected chi connectivity index (χ4v) is 3.12. The standard InChI is InChI=1S/C18H13F2NOS/c19-14-9-13(10-15(20)11-14)18(22)21-17(16-7-4-8-23-16)12-5-2-1-3-6-12/h1-11,17H,(H,21,22). The van der Waals surface area contributed by atoms with Crippen LogP contribution in [0.25, 0.3) is 0 Å². The van der Waals surface area contributed by atoms with Crippen LogP contribution in [0.5, 0.6) is 0 Å². The molecule has 1 heterocycles. The van der Waals surface area contributed by atoms with Gasteiger partial charge in [-0.15, -0.1) is 11.3 Å². The van der Waals surface area contributed by atoms with Crippen LogP contribution in [0.2, 0.25) is 0 Å². The molecule has 0 bridgehead atoms. The quantitative estimate of drug-likeness (QED) is 0.748. The fourth-order valence-electron chi connectivity index (χ4n) is 2.32. The minimum atomic E-state index is -0.775. The Morgan fingerprint density at radius 3 is 2.26 bits per heavy atom. The van der Waals surface area contributed by atoms with Crippen molar-refractivity contribution in [2.75, 3.05) is 0 Å². The third kappa shape index (κ3) is 3.63. The van der Waals surface area contributed by atoms with Gasteiger partial charge in [0.2, 0.25) is 0 Å². The van der Waals surface area contributed by atoms with Crippen molar-refractivity contribution in [3.63, 3.8) is 0 Å². The molecule has 1 aromatic heterocycles. The zero-order chi connectivity index (χ0) is 16.2. The van der Waals surface area contributed by atoms with Crippen molar-refractivity contribution < 1.29 is 13.6 Å². The zero-order valence-electron chi connectivity index (χ0n) is 12.0. The van der Waals surface area contributed by atoms with E-state index in [-0.39, 0.29) is 11.6 Å². The van der Waals surface area contributed by atoms with Crippen molar-refractivity contribution in [1.29, 1.82) is 0 Å². The van der Waals surface area contributed by atoms with Crippen molar-refractivity contribution in [3.8, 4) is 0 Å². The van der Waals surface area contributed by atoms with Gasteiger partial charge in [0.15, 0.2) is 0 Å². The lowest BCUT2D eigenvalue weighted by Crippen LogP contribution is -2.29. The van der Waals surface area contributed by atoms with Crippen LogP contribution in [-0.2, 0) is 0 Å². The highest BCUT2D eigenvalue weighted by Gasteiger charge is 2.19. The minimum Gasteiger partial charge on any atom is -0.340 e. The SMILES string of the molecule is O=C(NC(c1ccccc1)c1cccs1)c1cc(F)cc(F)c1. The molecule has 0 aliphatic carbocycles. The highest BCUT2D eigenvalue weighted by Crippen LogP contribution is 2.26. The molecule has 0 radical (unpaired) electrons. The van der Waals surface area contributed by atoms with Crippen molar-refractivity contribution in [1.82, 2.24) is 5.32 Å². The molecule has 0 aliphatic heterocycles. The summed E-state index contributed by atoms with van der Waals surface area (Å²) in [4.78, 5) is 13.3. The lowest BCUT2D eigenvalue weighted by Gasteiger charge is -2.18. The normalized spacial score (nSPS) is 11.9. The summed E-state index contributed by atoms with van der Waals surface area (Å²) in [6.45, 7) is 0. The molecule has 1 unspecified atom stereocenters. The second-order valence-electron chi connectivity index (χ2n) is 4.99. The third-order valence-corrected chi connectivity index (χ3v) is 4.30. The molecular weight excluding hydrogens is 316 g/mol. The molecule has 0 saturated heterocycles. The average molecular weight is 329 g/mol. The zero-order valence-corrected chi connectivity index (χ0v) is 12.8. The van der Waals surface area contributed by atoms with Crippen LogP contribution < -0.4 is 5.32 Å². The molecule has 23 heavy (non-hydrogen) atoms. The maximum atomic E-state index is 13.3. The van der Waals surface area contributed by atoms with E-state index in [2.05, 4.69) is 5.32 Å². The minimum absolute atomic E-state index is 0.0417. The van der Waals surface area contributed by atoms with E-state index in [4.69, 9.17) is 0 Å². The molecule has 3 aromatic rings. The predicted octanol–water partition coefficient (Wildman–Crippen LogP) is 4.55. The van der Waals surface area contributed by atoms with Crippen LogP contribution in [0.15, 0.2) is 66.0 Å². The molecule has 0 aliphatic rings. The van der Waals surface area contributed by atoms with Gasteiger partial charge in [0.25, 0.3) is 5.91 Å². The Morgan fingerprint density at radius 1 is 0.957 bits per heavy atom. The topological polar surface area (TPSA) is 29.1 Å². The summed E-state index contributed by atoms with van der Waals surface area (Å²) in [5.74, 6) is -2.07. The molecule has 0 fully saturated rings. The Hall–Kier alpha value is -2.53. The second-order valence-corrected chi connectivity index (χ2v) is 5.97. The van der Waals surface area contributed by atoms with Crippen LogP contribution in [0.1, 0.15) is 26.8 Å². The van der Waals surface area contributed by atoms with Crippen molar-refractivity contribution in [2.24, 2.45) is 0 Å². The maximum Gasteiger partial charge on any atom is 0.252 e. The van der Waals surface area contributed by atoms with Gasteiger partial charge in [-0.2, -0.15) is 0 Å². The Bertz CT molecular complexity index is 783. The number of hydrogen-bond donors (Lipinski definition) is 1. The van der Waals surface area contributed by atoms with Crippen molar-refractivity contribution >= 4 is 17.2 Å². The molecule has 116 valence electrons. The molecular formula is C18H13F2NOS. The van der Waals surface area contributed by atoms with Crippen LogP contribution >= 0.6 is 11.3 Å². The van der Waals surface area contributed by atoms with Gasteiger partial charge in [0.1, 0.15) is 11.6 Å². The Morgan fingerprint density at radius 2 is 1.65 bits per heavy atom. The molecule has 0 saturated carbocycles. The maximum absolute atomic E-state index is 13.3. The Kier molecular flexibility index (Phi) is 4.48. The summed E-state index contributed by atoms with van der Waals surface area (Å²) in [7, 11) is 0. The van der Waals surface area contributed by atoms with Gasteiger partial charge in [0.05, 0.1) is 6.04 Å². The van der Waals surface area contributed by atoms with Gasteiger partial charge in [-0.25, -0.2) is 8.78 Å². The number of hydrogen-bond acceptors (Lipinski definition) is 2. The number of carbonyl (C=O) groups excluding carboxylic acids is 1. The lowest BCUT2D eigenvalue weighted by atomic mass is 10.0. The van der Waals surface area contributed by atoms with Gasteiger partial charge in [-0.05, 0) is 29.1 Å². The van der Waals surface area contributed by atoms with E-state index in [1.54, 1.807) is 0 Å². The first-order chi connectivity index (χ1) is 11.1. The van der Waals surface area contributed by atoms with Crippen LogP contribution in [-0.4, -0.2) is 5.91 Å². The van der Waals surface area contributed by atoms with Gasteiger partial charge < -0.3 is 5.32 Å². The summed E-state index contributed by atoms with van der Waals surface area (Å²) in [5.41, 5.74) is 0.861. The summed E-state index contributed by atoms with van der Waals surface area (Å²) < 4.78 is 26.6. The molecule has 1 atom stereocenters.